The van der Waals surface area contributed by atoms with Gasteiger partial charge in [0.2, 0.25) is 0 Å². The lowest BCUT2D eigenvalue weighted by molar-refractivity contribution is -0.200. The summed E-state index contributed by atoms with van der Waals surface area (Å²) in [5.74, 6) is -1.36. The average molecular weight is 272 g/mol. The molecular weight excluding hydrogens is 253 g/mol. The molecule has 106 valence electrons. The van der Waals surface area contributed by atoms with Crippen molar-refractivity contribution in [2.45, 2.75) is 50.8 Å². The van der Waals surface area contributed by atoms with Gasteiger partial charge in [0.15, 0.2) is 0 Å². The number of alkyl halides is 3. The minimum Gasteiger partial charge on any atom is -0.390 e. The first-order valence-corrected chi connectivity index (χ1v) is 6.63. The molecule has 2 unspecified atom stereocenters. The highest BCUT2D eigenvalue weighted by molar-refractivity contribution is 5.23. The van der Waals surface area contributed by atoms with Crippen LogP contribution in [0.5, 0.6) is 0 Å². The van der Waals surface area contributed by atoms with Crippen LogP contribution in [-0.2, 0) is 6.42 Å². The third-order valence-corrected chi connectivity index (χ3v) is 3.94. The van der Waals surface area contributed by atoms with Gasteiger partial charge in [-0.15, -0.1) is 0 Å². The summed E-state index contributed by atoms with van der Waals surface area (Å²) in [5.41, 5.74) is 0.789. The zero-order valence-corrected chi connectivity index (χ0v) is 11.0. The topological polar surface area (TPSA) is 20.2 Å². The number of hydrogen-bond donors (Lipinski definition) is 1. The predicted molar refractivity (Wildman–Crippen MR) is 67.8 cm³/mol. The van der Waals surface area contributed by atoms with Gasteiger partial charge < -0.3 is 5.11 Å². The predicted octanol–water partition coefficient (Wildman–Crippen LogP) is 4.02. The van der Waals surface area contributed by atoms with Gasteiger partial charge in [-0.2, -0.15) is 13.2 Å². The minimum atomic E-state index is -4.19. The molecule has 2 rings (SSSR count). The molecule has 0 saturated heterocycles. The molecule has 0 aliphatic heterocycles. The van der Waals surface area contributed by atoms with Crippen molar-refractivity contribution < 1.29 is 18.3 Å². The minimum absolute atomic E-state index is 0.139. The molecule has 2 atom stereocenters. The van der Waals surface area contributed by atoms with Crippen molar-refractivity contribution in [2.24, 2.45) is 5.92 Å². The highest BCUT2D eigenvalue weighted by Crippen LogP contribution is 2.42. The number of aryl methyl sites for hydroxylation is 1. The fraction of sp³-hybridized carbons (Fsp3) is 0.600. The summed E-state index contributed by atoms with van der Waals surface area (Å²) in [6.07, 6.45) is -3.04. The van der Waals surface area contributed by atoms with Gasteiger partial charge >= 0.3 is 6.18 Å². The van der Waals surface area contributed by atoms with E-state index in [4.69, 9.17) is 0 Å². The van der Waals surface area contributed by atoms with Crippen LogP contribution in [0, 0.1) is 12.8 Å². The lowest BCUT2D eigenvalue weighted by atomic mass is 9.75. The summed E-state index contributed by atoms with van der Waals surface area (Å²) in [4.78, 5) is 0. The van der Waals surface area contributed by atoms with E-state index in [1.165, 1.54) is 0 Å². The summed E-state index contributed by atoms with van der Waals surface area (Å²) < 4.78 is 38.3. The Morgan fingerprint density at radius 3 is 2.47 bits per heavy atom. The quantitative estimate of drug-likeness (QED) is 0.862. The third-order valence-electron chi connectivity index (χ3n) is 3.94. The molecule has 1 nitrogen and oxygen atoms in total. The van der Waals surface area contributed by atoms with Crippen LogP contribution in [0.4, 0.5) is 13.2 Å². The largest absolute Gasteiger partial charge is 0.391 e. The van der Waals surface area contributed by atoms with Crippen molar-refractivity contribution >= 4 is 0 Å². The molecule has 4 heteroatoms. The van der Waals surface area contributed by atoms with Gasteiger partial charge in [0, 0.05) is 6.42 Å². The van der Waals surface area contributed by atoms with E-state index in [9.17, 15) is 18.3 Å². The molecule has 0 heterocycles. The van der Waals surface area contributed by atoms with Crippen molar-refractivity contribution in [3.8, 4) is 0 Å². The number of hydrogen-bond acceptors (Lipinski definition) is 1. The molecule has 0 aromatic heterocycles. The molecule has 19 heavy (non-hydrogen) atoms. The molecular formula is C15H19F3O. The highest BCUT2D eigenvalue weighted by atomic mass is 19.4. The van der Waals surface area contributed by atoms with Crippen molar-refractivity contribution in [3.63, 3.8) is 0 Å². The second-order valence-electron chi connectivity index (χ2n) is 5.72. The SMILES string of the molecule is Cc1ccc(CC2(O)CCCC(C(F)(F)F)C2)cc1. The second-order valence-corrected chi connectivity index (χ2v) is 5.72. The van der Waals surface area contributed by atoms with Gasteiger partial charge in [0.05, 0.1) is 11.5 Å². The molecule has 1 aliphatic carbocycles. The van der Waals surface area contributed by atoms with Crippen LogP contribution in [-0.4, -0.2) is 16.9 Å². The smallest absolute Gasteiger partial charge is 0.390 e. The first-order chi connectivity index (χ1) is 8.78. The molecule has 1 saturated carbocycles. The Labute approximate surface area is 111 Å². The van der Waals surface area contributed by atoms with E-state index in [-0.39, 0.29) is 12.8 Å². The van der Waals surface area contributed by atoms with Crippen LogP contribution >= 0.6 is 0 Å². The van der Waals surface area contributed by atoms with Gasteiger partial charge in [0.25, 0.3) is 0 Å². The Morgan fingerprint density at radius 2 is 1.89 bits per heavy atom. The van der Waals surface area contributed by atoms with Gasteiger partial charge in [-0.25, -0.2) is 0 Å². The Kier molecular flexibility index (Phi) is 3.90. The fourth-order valence-electron chi connectivity index (χ4n) is 2.87. The normalized spacial score (nSPS) is 28.4. The van der Waals surface area contributed by atoms with Gasteiger partial charge in [-0.05, 0) is 38.2 Å². The maximum atomic E-state index is 12.8. The molecule has 0 amide bonds. The summed E-state index contributed by atoms with van der Waals surface area (Å²) in [7, 11) is 0. The molecule has 1 N–H and O–H groups in total. The Balaban J connectivity index is 2.07. The monoisotopic (exact) mass is 272 g/mol. The Bertz CT molecular complexity index is 424. The zero-order valence-electron chi connectivity index (χ0n) is 11.0. The lowest BCUT2D eigenvalue weighted by Crippen LogP contribution is -2.41. The average Bonchev–Trinajstić information content (AvgIpc) is 2.31. The molecule has 1 aromatic rings. The van der Waals surface area contributed by atoms with Crippen LogP contribution < -0.4 is 0 Å². The van der Waals surface area contributed by atoms with Crippen LogP contribution in [0.1, 0.15) is 36.8 Å². The third kappa shape index (κ3) is 3.72. The van der Waals surface area contributed by atoms with E-state index >= 15 is 0 Å². The molecule has 1 aliphatic rings. The van der Waals surface area contributed by atoms with Crippen LogP contribution in [0.15, 0.2) is 24.3 Å². The summed E-state index contributed by atoms with van der Waals surface area (Å²) >= 11 is 0. The molecule has 1 aromatic carbocycles. The standard InChI is InChI=1S/C15H19F3O/c1-11-4-6-12(7-5-11)9-14(19)8-2-3-13(10-14)15(16,17)18/h4-7,13,19H,2-3,8-10H2,1H3. The Morgan fingerprint density at radius 1 is 1.26 bits per heavy atom. The summed E-state index contributed by atoms with van der Waals surface area (Å²) in [6, 6.07) is 7.60. The van der Waals surface area contributed by atoms with E-state index in [2.05, 4.69) is 0 Å². The van der Waals surface area contributed by atoms with Crippen LogP contribution in [0.25, 0.3) is 0 Å². The number of aliphatic hydroxyl groups is 1. The Hall–Kier alpha value is -1.03. The maximum absolute atomic E-state index is 12.8. The van der Waals surface area contributed by atoms with Crippen LogP contribution in [0.3, 0.4) is 0 Å². The fourth-order valence-corrected chi connectivity index (χ4v) is 2.87. The van der Waals surface area contributed by atoms with Gasteiger partial charge in [-0.1, -0.05) is 29.8 Å². The van der Waals surface area contributed by atoms with Crippen molar-refractivity contribution in [1.82, 2.24) is 0 Å². The van der Waals surface area contributed by atoms with Crippen molar-refractivity contribution in [3.05, 3.63) is 35.4 Å². The van der Waals surface area contributed by atoms with E-state index in [1.54, 1.807) is 0 Å². The summed E-state index contributed by atoms with van der Waals surface area (Å²) in [5, 5.41) is 10.4. The molecule has 0 bridgehead atoms. The maximum Gasteiger partial charge on any atom is 0.391 e. The first kappa shape index (κ1) is 14.4. The first-order valence-electron chi connectivity index (χ1n) is 6.63. The van der Waals surface area contributed by atoms with Gasteiger partial charge in [-0.3, -0.25) is 0 Å². The van der Waals surface area contributed by atoms with Crippen molar-refractivity contribution in [2.75, 3.05) is 0 Å². The van der Waals surface area contributed by atoms with E-state index < -0.39 is 17.7 Å². The van der Waals surface area contributed by atoms with E-state index in [1.807, 2.05) is 31.2 Å². The lowest BCUT2D eigenvalue weighted by Gasteiger charge is -2.37. The van der Waals surface area contributed by atoms with Crippen molar-refractivity contribution in [1.29, 1.82) is 0 Å². The summed E-state index contributed by atoms with van der Waals surface area (Å²) in [6.45, 7) is 1.96. The molecule has 0 spiro atoms. The number of rotatable bonds is 2. The molecule has 1 fully saturated rings. The second kappa shape index (κ2) is 5.16. The van der Waals surface area contributed by atoms with E-state index in [0.717, 1.165) is 11.1 Å². The number of benzene rings is 1. The van der Waals surface area contributed by atoms with E-state index in [0.29, 0.717) is 19.3 Å². The zero-order chi connectivity index (χ0) is 14.1. The van der Waals surface area contributed by atoms with Gasteiger partial charge in [0.1, 0.15) is 0 Å². The highest BCUT2D eigenvalue weighted by Gasteiger charge is 2.46. The molecule has 0 radical (unpaired) electrons. The van der Waals surface area contributed by atoms with Crippen LogP contribution in [0.2, 0.25) is 0 Å². The number of halogens is 3.